The van der Waals surface area contributed by atoms with Crippen LogP contribution in [0, 0.1) is 19.8 Å². The van der Waals surface area contributed by atoms with Crippen LogP contribution in [0.1, 0.15) is 35.4 Å². The first-order valence-electron chi connectivity index (χ1n) is 9.23. The highest BCUT2D eigenvalue weighted by Crippen LogP contribution is 2.32. The minimum Gasteiger partial charge on any atom is -0.508 e. The van der Waals surface area contributed by atoms with Crippen LogP contribution in [0.2, 0.25) is 0 Å². The zero-order valence-electron chi connectivity index (χ0n) is 15.3. The number of phenolic OH excluding ortho intramolecular Hbond substituents is 1. The molecule has 0 radical (unpaired) electrons. The second kappa shape index (κ2) is 6.76. The van der Waals surface area contributed by atoms with Crippen molar-refractivity contribution in [3.05, 3.63) is 46.8 Å². The van der Waals surface area contributed by atoms with Crippen molar-refractivity contribution >= 4 is 5.91 Å². The first-order chi connectivity index (χ1) is 12.5. The van der Waals surface area contributed by atoms with E-state index in [0.29, 0.717) is 6.54 Å². The Morgan fingerprint density at radius 2 is 2.08 bits per heavy atom. The van der Waals surface area contributed by atoms with Crippen molar-refractivity contribution in [2.75, 3.05) is 13.1 Å². The van der Waals surface area contributed by atoms with Gasteiger partial charge in [0.1, 0.15) is 11.5 Å². The van der Waals surface area contributed by atoms with E-state index < -0.39 is 0 Å². The Labute approximate surface area is 153 Å². The lowest BCUT2D eigenvalue weighted by atomic mass is 9.93. The van der Waals surface area contributed by atoms with E-state index in [2.05, 4.69) is 10.1 Å². The molecule has 1 amide bonds. The Bertz CT molecular complexity index is 797. The lowest BCUT2D eigenvalue weighted by Crippen LogP contribution is -2.47. The predicted molar refractivity (Wildman–Crippen MR) is 96.4 cm³/mol. The number of hydrogen-bond donors (Lipinski definition) is 1. The number of aromatic nitrogens is 1. The van der Waals surface area contributed by atoms with Gasteiger partial charge in [-0.3, -0.25) is 9.69 Å². The maximum Gasteiger partial charge on any atom is 0.227 e. The monoisotopic (exact) mass is 355 g/mol. The quantitative estimate of drug-likeness (QED) is 0.913. The number of phenols is 1. The molecule has 0 spiro atoms. The highest BCUT2D eigenvalue weighted by molar-refractivity contribution is 5.80. The van der Waals surface area contributed by atoms with Crippen LogP contribution in [0.3, 0.4) is 0 Å². The molecular weight excluding hydrogens is 330 g/mol. The van der Waals surface area contributed by atoms with Crippen LogP contribution < -0.4 is 0 Å². The van der Waals surface area contributed by atoms with Crippen molar-refractivity contribution in [1.82, 2.24) is 15.0 Å². The molecule has 3 aliphatic heterocycles. The minimum atomic E-state index is 0.0477. The maximum atomic E-state index is 13.0. The molecule has 1 aromatic carbocycles. The summed E-state index contributed by atoms with van der Waals surface area (Å²) in [6.45, 7) is 6.82. The summed E-state index contributed by atoms with van der Waals surface area (Å²) in [6, 6.07) is 7.59. The van der Waals surface area contributed by atoms with Crippen LogP contribution in [-0.2, 0) is 17.9 Å². The van der Waals surface area contributed by atoms with Crippen LogP contribution >= 0.6 is 0 Å². The number of carbonyl (C=O) groups is 1. The molecule has 2 aromatic rings. The number of aryl methyl sites for hydroxylation is 2. The van der Waals surface area contributed by atoms with Gasteiger partial charge in [-0.05, 0) is 44.4 Å². The van der Waals surface area contributed by atoms with Gasteiger partial charge >= 0.3 is 0 Å². The molecule has 1 N–H and O–H groups in total. The number of piperidine rings is 1. The molecule has 6 nitrogen and oxygen atoms in total. The normalized spacial score (nSPS) is 23.5. The van der Waals surface area contributed by atoms with Crippen molar-refractivity contribution in [1.29, 1.82) is 0 Å². The Hall–Kier alpha value is -2.34. The molecule has 0 unspecified atom stereocenters. The van der Waals surface area contributed by atoms with E-state index in [1.165, 1.54) is 0 Å². The predicted octanol–water partition coefficient (Wildman–Crippen LogP) is 2.62. The van der Waals surface area contributed by atoms with E-state index in [1.54, 1.807) is 12.1 Å². The summed E-state index contributed by atoms with van der Waals surface area (Å²) in [7, 11) is 0. The zero-order chi connectivity index (χ0) is 18.3. The molecule has 1 aromatic heterocycles. The Morgan fingerprint density at radius 3 is 2.81 bits per heavy atom. The summed E-state index contributed by atoms with van der Waals surface area (Å²) in [4.78, 5) is 17.4. The first kappa shape index (κ1) is 17.1. The summed E-state index contributed by atoms with van der Waals surface area (Å²) in [5, 5.41) is 13.7. The van der Waals surface area contributed by atoms with E-state index in [1.807, 2.05) is 30.9 Å². The highest BCUT2D eigenvalue weighted by Gasteiger charge is 2.41. The Balaban J connectivity index is 1.53. The average molecular weight is 355 g/mol. The van der Waals surface area contributed by atoms with Gasteiger partial charge < -0.3 is 14.5 Å². The van der Waals surface area contributed by atoms with E-state index in [9.17, 15) is 9.90 Å². The minimum absolute atomic E-state index is 0.0477. The SMILES string of the molecule is Cc1noc(C)c1CN1C(=O)[C@@H]2CC[C@H]1CN(Cc1cccc(O)c1)C2. The average Bonchev–Trinajstić information content (AvgIpc) is 2.76. The van der Waals surface area contributed by atoms with Gasteiger partial charge in [0.15, 0.2) is 0 Å². The van der Waals surface area contributed by atoms with Crippen molar-refractivity contribution in [3.63, 3.8) is 0 Å². The van der Waals surface area contributed by atoms with E-state index in [4.69, 9.17) is 4.52 Å². The van der Waals surface area contributed by atoms with Gasteiger partial charge in [-0.1, -0.05) is 17.3 Å². The van der Waals surface area contributed by atoms with Crippen LogP contribution in [0.4, 0.5) is 0 Å². The number of aromatic hydroxyl groups is 1. The van der Waals surface area contributed by atoms with Crippen molar-refractivity contribution in [2.24, 2.45) is 5.92 Å². The van der Waals surface area contributed by atoms with Crippen LogP contribution in [0.5, 0.6) is 5.75 Å². The maximum absolute atomic E-state index is 13.0. The Kier molecular flexibility index (Phi) is 4.44. The second-order valence-corrected chi connectivity index (χ2v) is 7.56. The number of amides is 1. The van der Waals surface area contributed by atoms with Crippen molar-refractivity contribution in [3.8, 4) is 5.75 Å². The molecule has 2 bridgehead atoms. The number of carbonyl (C=O) groups excluding carboxylic acids is 1. The van der Waals surface area contributed by atoms with E-state index >= 15 is 0 Å². The number of rotatable bonds is 4. The third-order valence-corrected chi connectivity index (χ3v) is 5.70. The highest BCUT2D eigenvalue weighted by atomic mass is 16.5. The van der Waals surface area contributed by atoms with Gasteiger partial charge in [-0.25, -0.2) is 0 Å². The Morgan fingerprint density at radius 1 is 1.23 bits per heavy atom. The fraction of sp³-hybridized carbons (Fsp3) is 0.500. The molecule has 2 atom stereocenters. The lowest BCUT2D eigenvalue weighted by Gasteiger charge is -2.36. The molecule has 3 fully saturated rings. The fourth-order valence-corrected chi connectivity index (χ4v) is 4.28. The molecule has 6 heteroatoms. The third kappa shape index (κ3) is 3.21. The molecule has 0 aliphatic carbocycles. The summed E-state index contributed by atoms with van der Waals surface area (Å²) < 4.78 is 5.27. The summed E-state index contributed by atoms with van der Waals surface area (Å²) >= 11 is 0. The van der Waals surface area contributed by atoms with Gasteiger partial charge in [-0.2, -0.15) is 0 Å². The fourth-order valence-electron chi connectivity index (χ4n) is 4.28. The molecule has 138 valence electrons. The molecule has 0 saturated carbocycles. The largest absolute Gasteiger partial charge is 0.508 e. The number of fused-ring (bicyclic) bond motifs is 4. The molecule has 3 aliphatic rings. The van der Waals surface area contributed by atoms with Crippen LogP contribution in [0.15, 0.2) is 28.8 Å². The number of hydrogen-bond acceptors (Lipinski definition) is 5. The second-order valence-electron chi connectivity index (χ2n) is 7.56. The molecular formula is C20H25N3O3. The lowest BCUT2D eigenvalue weighted by molar-refractivity contribution is -0.140. The summed E-state index contributed by atoms with van der Waals surface area (Å²) in [5.74, 6) is 1.38. The topological polar surface area (TPSA) is 69.8 Å². The first-order valence-corrected chi connectivity index (χ1v) is 9.23. The van der Waals surface area contributed by atoms with Gasteiger partial charge in [0, 0.05) is 31.2 Å². The van der Waals surface area contributed by atoms with E-state index in [-0.39, 0.29) is 23.6 Å². The van der Waals surface area contributed by atoms with Gasteiger partial charge in [0.25, 0.3) is 0 Å². The molecule has 5 rings (SSSR count). The number of benzene rings is 1. The van der Waals surface area contributed by atoms with Crippen molar-refractivity contribution in [2.45, 2.75) is 45.8 Å². The summed E-state index contributed by atoms with van der Waals surface area (Å²) in [5.41, 5.74) is 2.98. The standard InChI is InChI=1S/C20H25N3O3/c1-13-19(14(2)26-21-13)12-23-17-7-6-16(20(23)25)10-22(11-17)9-15-4-3-5-18(24)8-15/h3-5,8,16-17,24H,6-7,9-12H2,1-2H3/t16-,17+/m1/s1. The zero-order valence-corrected chi connectivity index (χ0v) is 15.3. The smallest absolute Gasteiger partial charge is 0.227 e. The summed E-state index contributed by atoms with van der Waals surface area (Å²) in [6.07, 6.45) is 1.99. The number of nitrogens with zero attached hydrogens (tertiary/aromatic N) is 3. The van der Waals surface area contributed by atoms with Crippen LogP contribution in [0.25, 0.3) is 0 Å². The van der Waals surface area contributed by atoms with Gasteiger partial charge in [0.05, 0.1) is 18.2 Å². The van der Waals surface area contributed by atoms with Crippen LogP contribution in [-0.4, -0.2) is 45.1 Å². The third-order valence-electron chi connectivity index (χ3n) is 5.70. The van der Waals surface area contributed by atoms with Gasteiger partial charge in [0.2, 0.25) is 5.91 Å². The van der Waals surface area contributed by atoms with Crippen molar-refractivity contribution < 1.29 is 14.4 Å². The van der Waals surface area contributed by atoms with E-state index in [0.717, 1.165) is 55.1 Å². The molecule has 3 saturated heterocycles. The van der Waals surface area contributed by atoms with Gasteiger partial charge in [-0.15, -0.1) is 0 Å². The molecule has 4 heterocycles. The molecule has 26 heavy (non-hydrogen) atoms.